The highest BCUT2D eigenvalue weighted by molar-refractivity contribution is 8.00. The monoisotopic (exact) mass is 364 g/mol. The van der Waals surface area contributed by atoms with Gasteiger partial charge in [-0.15, -0.1) is 0 Å². The highest BCUT2D eigenvalue weighted by Gasteiger charge is 2.14. The zero-order chi connectivity index (χ0) is 17.9. The summed E-state index contributed by atoms with van der Waals surface area (Å²) in [6.07, 6.45) is 2.55. The molecule has 1 amide bonds. The Balaban J connectivity index is 1.71. The molecular weight excluding hydrogens is 336 g/mol. The molecule has 25 heavy (non-hydrogen) atoms. The van der Waals surface area contributed by atoms with Gasteiger partial charge in [0.05, 0.1) is 13.7 Å². The molecule has 1 atom stereocenters. The summed E-state index contributed by atoms with van der Waals surface area (Å²) in [5, 5.41) is 10.1. The summed E-state index contributed by atoms with van der Waals surface area (Å²) in [7, 11) is 1.61. The highest BCUT2D eigenvalue weighted by Crippen LogP contribution is 2.25. The molecule has 1 saturated heterocycles. The lowest BCUT2D eigenvalue weighted by atomic mass is 10.2. The molecule has 1 aliphatic rings. The molecule has 1 fully saturated rings. The summed E-state index contributed by atoms with van der Waals surface area (Å²) in [6.45, 7) is 4.88. The molecule has 7 heteroatoms. The molecule has 1 heterocycles. The van der Waals surface area contributed by atoms with E-state index in [0.29, 0.717) is 23.9 Å². The van der Waals surface area contributed by atoms with Gasteiger partial charge < -0.3 is 20.7 Å². The molecule has 0 aromatic heterocycles. The van der Waals surface area contributed by atoms with Gasteiger partial charge in [0.25, 0.3) is 5.91 Å². The summed E-state index contributed by atoms with van der Waals surface area (Å²) in [6, 6.07) is 7.08. The molecule has 138 valence electrons. The molecule has 3 N–H and O–H groups in total. The lowest BCUT2D eigenvalue weighted by Crippen LogP contribution is -2.41. The Morgan fingerprint density at radius 3 is 2.64 bits per heavy atom. The Kier molecular flexibility index (Phi) is 8.45. The number of carbonyl (C=O) groups is 1. The van der Waals surface area contributed by atoms with Gasteiger partial charge in [-0.2, -0.15) is 11.8 Å². The molecule has 0 aliphatic carbocycles. The fourth-order valence-electron chi connectivity index (χ4n) is 2.52. The topological polar surface area (TPSA) is 74.8 Å². The summed E-state index contributed by atoms with van der Waals surface area (Å²) < 4.78 is 5.09. The van der Waals surface area contributed by atoms with Gasteiger partial charge in [0.1, 0.15) is 5.75 Å². The van der Waals surface area contributed by atoms with Crippen LogP contribution in [0.2, 0.25) is 0 Å². The number of carbonyl (C=O) groups excluding carboxylic acids is 1. The fourth-order valence-corrected chi connectivity index (χ4v) is 3.70. The summed E-state index contributed by atoms with van der Waals surface area (Å²) >= 11 is 2.01. The minimum atomic E-state index is -0.0891. The van der Waals surface area contributed by atoms with Crippen molar-refractivity contribution >= 4 is 23.6 Å². The summed E-state index contributed by atoms with van der Waals surface area (Å²) in [5.74, 6) is 2.72. The van der Waals surface area contributed by atoms with Crippen molar-refractivity contribution in [3.05, 3.63) is 29.8 Å². The van der Waals surface area contributed by atoms with E-state index in [1.165, 1.54) is 18.6 Å². The van der Waals surface area contributed by atoms with E-state index in [4.69, 9.17) is 4.74 Å². The maximum Gasteiger partial charge on any atom is 0.251 e. The Labute approximate surface area is 154 Å². The Morgan fingerprint density at radius 1 is 1.24 bits per heavy atom. The zero-order valence-corrected chi connectivity index (χ0v) is 15.8. The van der Waals surface area contributed by atoms with Crippen molar-refractivity contribution in [1.82, 2.24) is 16.0 Å². The minimum Gasteiger partial charge on any atom is -0.497 e. The SMILES string of the molecule is CCNC(=NCC1CCCS1)NCCNC(=O)c1ccc(OC)cc1. The van der Waals surface area contributed by atoms with Crippen LogP contribution in [0.15, 0.2) is 29.3 Å². The standard InChI is InChI=1S/C18H28N4O2S/c1-3-19-18(22-13-16-5-4-12-25-16)21-11-10-20-17(23)14-6-8-15(24-2)9-7-14/h6-9,16H,3-5,10-13H2,1-2H3,(H,20,23)(H2,19,21,22). The summed E-state index contributed by atoms with van der Waals surface area (Å²) in [4.78, 5) is 16.7. The number of methoxy groups -OCH3 is 1. The molecule has 1 aromatic carbocycles. The minimum absolute atomic E-state index is 0.0891. The van der Waals surface area contributed by atoms with Crippen LogP contribution in [0.1, 0.15) is 30.1 Å². The maximum absolute atomic E-state index is 12.1. The van der Waals surface area contributed by atoms with Gasteiger partial charge in [0.2, 0.25) is 0 Å². The average Bonchev–Trinajstić information content (AvgIpc) is 3.16. The van der Waals surface area contributed by atoms with Gasteiger partial charge >= 0.3 is 0 Å². The number of aliphatic imine (C=N–C) groups is 1. The van der Waals surface area contributed by atoms with E-state index in [1.807, 2.05) is 18.7 Å². The smallest absolute Gasteiger partial charge is 0.251 e. The van der Waals surface area contributed by atoms with Gasteiger partial charge in [-0.05, 0) is 49.8 Å². The molecule has 1 aliphatic heterocycles. The first-order valence-corrected chi connectivity index (χ1v) is 9.84. The van der Waals surface area contributed by atoms with Crippen molar-refractivity contribution in [1.29, 1.82) is 0 Å². The van der Waals surface area contributed by atoms with E-state index in [9.17, 15) is 4.79 Å². The second-order valence-electron chi connectivity index (χ2n) is 5.77. The van der Waals surface area contributed by atoms with Crippen LogP contribution in [-0.2, 0) is 0 Å². The van der Waals surface area contributed by atoms with Crippen LogP contribution >= 0.6 is 11.8 Å². The van der Waals surface area contributed by atoms with Gasteiger partial charge in [-0.3, -0.25) is 9.79 Å². The second kappa shape index (κ2) is 10.9. The molecule has 1 aromatic rings. The maximum atomic E-state index is 12.1. The lowest BCUT2D eigenvalue weighted by Gasteiger charge is -2.13. The fraction of sp³-hybridized carbons (Fsp3) is 0.556. The number of amides is 1. The molecule has 0 spiro atoms. The van der Waals surface area contributed by atoms with E-state index in [-0.39, 0.29) is 5.91 Å². The number of ether oxygens (including phenoxy) is 1. The number of hydrogen-bond donors (Lipinski definition) is 3. The van der Waals surface area contributed by atoms with Gasteiger partial charge in [-0.1, -0.05) is 0 Å². The van der Waals surface area contributed by atoms with Crippen molar-refractivity contribution in [2.75, 3.05) is 39.0 Å². The Morgan fingerprint density at radius 2 is 2.00 bits per heavy atom. The van der Waals surface area contributed by atoms with Crippen molar-refractivity contribution < 1.29 is 9.53 Å². The predicted molar refractivity (Wildman–Crippen MR) is 105 cm³/mol. The first-order valence-electron chi connectivity index (χ1n) is 8.79. The molecule has 2 rings (SSSR count). The molecular formula is C18H28N4O2S. The van der Waals surface area contributed by atoms with Crippen molar-refractivity contribution in [3.8, 4) is 5.75 Å². The van der Waals surface area contributed by atoms with E-state index < -0.39 is 0 Å². The number of nitrogens with one attached hydrogen (secondary N) is 3. The highest BCUT2D eigenvalue weighted by atomic mass is 32.2. The van der Waals surface area contributed by atoms with E-state index in [0.717, 1.165) is 24.8 Å². The first kappa shape index (κ1) is 19.4. The zero-order valence-electron chi connectivity index (χ0n) is 15.0. The van der Waals surface area contributed by atoms with E-state index >= 15 is 0 Å². The van der Waals surface area contributed by atoms with Gasteiger partial charge in [0.15, 0.2) is 5.96 Å². The van der Waals surface area contributed by atoms with E-state index in [2.05, 4.69) is 20.9 Å². The largest absolute Gasteiger partial charge is 0.497 e. The number of guanidine groups is 1. The molecule has 6 nitrogen and oxygen atoms in total. The Bertz CT molecular complexity index is 557. The van der Waals surface area contributed by atoms with Crippen LogP contribution in [0.5, 0.6) is 5.75 Å². The van der Waals surface area contributed by atoms with Gasteiger partial charge in [0, 0.05) is 30.4 Å². The quantitative estimate of drug-likeness (QED) is 0.373. The van der Waals surface area contributed by atoms with Crippen molar-refractivity contribution in [3.63, 3.8) is 0 Å². The van der Waals surface area contributed by atoms with Crippen LogP contribution in [0.4, 0.5) is 0 Å². The van der Waals surface area contributed by atoms with Crippen LogP contribution in [0.3, 0.4) is 0 Å². The van der Waals surface area contributed by atoms with Crippen molar-refractivity contribution in [2.24, 2.45) is 4.99 Å². The normalized spacial score (nSPS) is 17.2. The lowest BCUT2D eigenvalue weighted by molar-refractivity contribution is 0.0954. The van der Waals surface area contributed by atoms with Crippen LogP contribution < -0.4 is 20.7 Å². The number of rotatable bonds is 8. The average molecular weight is 365 g/mol. The van der Waals surface area contributed by atoms with Crippen LogP contribution in [0.25, 0.3) is 0 Å². The third-order valence-corrected chi connectivity index (χ3v) is 5.26. The molecule has 0 saturated carbocycles. The number of nitrogens with zero attached hydrogens (tertiary/aromatic N) is 1. The first-order chi connectivity index (χ1) is 12.2. The molecule has 1 unspecified atom stereocenters. The third-order valence-electron chi connectivity index (χ3n) is 3.88. The summed E-state index contributed by atoms with van der Waals surface area (Å²) in [5.41, 5.74) is 0.625. The third kappa shape index (κ3) is 6.86. The van der Waals surface area contributed by atoms with Crippen LogP contribution in [0, 0.1) is 0 Å². The van der Waals surface area contributed by atoms with Gasteiger partial charge in [-0.25, -0.2) is 0 Å². The van der Waals surface area contributed by atoms with Crippen LogP contribution in [-0.4, -0.2) is 56.2 Å². The number of thioether (sulfide) groups is 1. The molecule has 0 radical (unpaired) electrons. The van der Waals surface area contributed by atoms with Crippen molar-refractivity contribution in [2.45, 2.75) is 25.0 Å². The predicted octanol–water partition coefficient (Wildman–Crippen LogP) is 1.88. The Hall–Kier alpha value is -1.89. The number of hydrogen-bond acceptors (Lipinski definition) is 4. The molecule has 0 bridgehead atoms. The van der Waals surface area contributed by atoms with E-state index in [1.54, 1.807) is 31.4 Å². The second-order valence-corrected chi connectivity index (χ2v) is 7.17. The number of benzene rings is 1.